The SMILES string of the molecule is CC/C=C\C/C=C\C/C=C\CCCCCCCCCC(=O)OCC(COC(=O)CCCCCCC/C=C\C/C=C\CCCCC)OC(=O)CCCCCCC/C=C\CCCCCCCCC. The number of esters is 3. The van der Waals surface area contributed by atoms with E-state index in [1.807, 2.05) is 0 Å². The third-order valence-corrected chi connectivity index (χ3v) is 11.9. The zero-order chi connectivity index (χ0) is 47.9. The van der Waals surface area contributed by atoms with Crippen molar-refractivity contribution in [2.45, 2.75) is 277 Å². The highest BCUT2D eigenvalue weighted by molar-refractivity contribution is 5.71. The zero-order valence-electron chi connectivity index (χ0n) is 43.4. The summed E-state index contributed by atoms with van der Waals surface area (Å²) >= 11 is 0. The van der Waals surface area contributed by atoms with Gasteiger partial charge in [-0.15, -0.1) is 0 Å². The maximum Gasteiger partial charge on any atom is 0.306 e. The summed E-state index contributed by atoms with van der Waals surface area (Å²) < 4.78 is 16.8. The first kappa shape index (κ1) is 62.8. The van der Waals surface area contributed by atoms with Gasteiger partial charge in [0.2, 0.25) is 0 Å². The van der Waals surface area contributed by atoms with Crippen LogP contribution in [0.15, 0.2) is 72.9 Å². The highest BCUT2D eigenvalue weighted by Gasteiger charge is 2.19. The fourth-order valence-electron chi connectivity index (χ4n) is 7.72. The predicted octanol–water partition coefficient (Wildman–Crippen LogP) is 18.6. The van der Waals surface area contributed by atoms with Crippen LogP contribution in [-0.2, 0) is 28.6 Å². The van der Waals surface area contributed by atoms with Crippen LogP contribution >= 0.6 is 0 Å². The molecule has 0 spiro atoms. The molecule has 0 aromatic carbocycles. The molecule has 0 saturated heterocycles. The normalized spacial score (nSPS) is 12.6. The first-order valence-corrected chi connectivity index (χ1v) is 27.9. The minimum atomic E-state index is -0.790. The third-order valence-electron chi connectivity index (χ3n) is 11.9. The lowest BCUT2D eigenvalue weighted by Crippen LogP contribution is -2.30. The van der Waals surface area contributed by atoms with Crippen molar-refractivity contribution in [3.63, 3.8) is 0 Å². The van der Waals surface area contributed by atoms with E-state index in [1.54, 1.807) is 0 Å². The van der Waals surface area contributed by atoms with Crippen LogP contribution in [0.1, 0.15) is 271 Å². The van der Waals surface area contributed by atoms with Gasteiger partial charge >= 0.3 is 17.9 Å². The number of ether oxygens (including phenoxy) is 3. The Labute approximate surface area is 408 Å². The quantitative estimate of drug-likeness (QED) is 0.0262. The van der Waals surface area contributed by atoms with E-state index in [-0.39, 0.29) is 31.1 Å². The smallest absolute Gasteiger partial charge is 0.306 e. The molecule has 6 heteroatoms. The number of hydrogen-bond donors (Lipinski definition) is 0. The molecule has 0 fully saturated rings. The second-order valence-electron chi connectivity index (χ2n) is 18.5. The summed E-state index contributed by atoms with van der Waals surface area (Å²) in [6, 6.07) is 0. The lowest BCUT2D eigenvalue weighted by molar-refractivity contribution is -0.167. The fraction of sp³-hybridized carbons (Fsp3) is 0.750. The fourth-order valence-corrected chi connectivity index (χ4v) is 7.72. The molecule has 0 aromatic heterocycles. The summed E-state index contributed by atoms with van der Waals surface area (Å²) in [5.74, 6) is -0.913. The lowest BCUT2D eigenvalue weighted by atomic mass is 10.1. The summed E-state index contributed by atoms with van der Waals surface area (Å²) in [5.41, 5.74) is 0. The van der Waals surface area contributed by atoms with Crippen LogP contribution in [0, 0.1) is 0 Å². The van der Waals surface area contributed by atoms with E-state index in [2.05, 4.69) is 93.7 Å². The summed E-state index contributed by atoms with van der Waals surface area (Å²) in [6.45, 7) is 6.49. The van der Waals surface area contributed by atoms with Gasteiger partial charge in [0.15, 0.2) is 6.10 Å². The molecular weight excluding hydrogens is 817 g/mol. The Morgan fingerprint density at radius 3 is 0.970 bits per heavy atom. The largest absolute Gasteiger partial charge is 0.462 e. The van der Waals surface area contributed by atoms with Gasteiger partial charge in [0, 0.05) is 19.3 Å². The molecule has 0 saturated carbocycles. The van der Waals surface area contributed by atoms with Crippen molar-refractivity contribution in [2.75, 3.05) is 13.2 Å². The standard InChI is InChI=1S/C60H104O6/c1-4-7-10-13-16-19-22-25-28-30-33-35-38-41-44-47-50-53-59(62)65-56-57(55-64-58(61)52-49-46-43-40-37-34-31-27-24-21-18-15-12-9-6-3)66-60(63)54-51-48-45-42-39-36-32-29-26-23-20-17-14-11-8-5-2/h7,10,16,18-19,21,25,27-29,31-32,57H,4-6,8-9,11-15,17,20,22-24,26,30,33-56H2,1-3H3/b10-7-,19-16-,21-18-,28-25-,31-27-,32-29-. The number of rotatable bonds is 50. The molecule has 0 radical (unpaired) electrons. The highest BCUT2D eigenvalue weighted by atomic mass is 16.6. The van der Waals surface area contributed by atoms with Gasteiger partial charge in [0.25, 0.3) is 0 Å². The molecular formula is C60H104O6. The Balaban J connectivity index is 4.43. The molecule has 0 heterocycles. The van der Waals surface area contributed by atoms with Gasteiger partial charge in [-0.25, -0.2) is 0 Å². The Morgan fingerprint density at radius 1 is 0.318 bits per heavy atom. The molecule has 0 bridgehead atoms. The third kappa shape index (κ3) is 51.8. The summed E-state index contributed by atoms with van der Waals surface area (Å²) in [5, 5.41) is 0. The molecule has 0 amide bonds. The van der Waals surface area contributed by atoms with Crippen molar-refractivity contribution >= 4 is 17.9 Å². The van der Waals surface area contributed by atoms with Gasteiger partial charge in [-0.05, 0) is 109 Å². The van der Waals surface area contributed by atoms with Crippen LogP contribution in [0.4, 0.5) is 0 Å². The van der Waals surface area contributed by atoms with Crippen LogP contribution in [0.5, 0.6) is 0 Å². The first-order chi connectivity index (χ1) is 32.5. The van der Waals surface area contributed by atoms with E-state index in [1.165, 1.54) is 116 Å². The molecule has 0 aromatic rings. The maximum atomic E-state index is 12.8. The van der Waals surface area contributed by atoms with Gasteiger partial charge in [-0.3, -0.25) is 14.4 Å². The average molecular weight is 921 g/mol. The van der Waals surface area contributed by atoms with Crippen LogP contribution in [0.25, 0.3) is 0 Å². The minimum absolute atomic E-state index is 0.0882. The van der Waals surface area contributed by atoms with Crippen LogP contribution < -0.4 is 0 Å². The number of hydrogen-bond acceptors (Lipinski definition) is 6. The van der Waals surface area contributed by atoms with E-state index in [0.717, 1.165) is 116 Å². The van der Waals surface area contributed by atoms with Gasteiger partial charge in [0.1, 0.15) is 13.2 Å². The molecule has 0 N–H and O–H groups in total. The van der Waals surface area contributed by atoms with E-state index in [0.29, 0.717) is 19.3 Å². The van der Waals surface area contributed by atoms with Crippen molar-refractivity contribution in [1.82, 2.24) is 0 Å². The second kappa shape index (κ2) is 54.5. The molecule has 0 rings (SSSR count). The van der Waals surface area contributed by atoms with Crippen molar-refractivity contribution < 1.29 is 28.6 Å². The van der Waals surface area contributed by atoms with Gasteiger partial charge in [-0.2, -0.15) is 0 Å². The van der Waals surface area contributed by atoms with Gasteiger partial charge in [-0.1, -0.05) is 216 Å². The first-order valence-electron chi connectivity index (χ1n) is 27.9. The van der Waals surface area contributed by atoms with Crippen molar-refractivity contribution in [2.24, 2.45) is 0 Å². The second-order valence-corrected chi connectivity index (χ2v) is 18.5. The van der Waals surface area contributed by atoms with E-state index < -0.39 is 6.10 Å². The van der Waals surface area contributed by atoms with Crippen LogP contribution in [0.2, 0.25) is 0 Å². The number of allylic oxidation sites excluding steroid dienone is 12. The summed E-state index contributed by atoms with van der Waals surface area (Å²) in [7, 11) is 0. The number of carbonyl (C=O) groups is 3. The Hall–Kier alpha value is -3.15. The molecule has 0 aliphatic heterocycles. The van der Waals surface area contributed by atoms with E-state index >= 15 is 0 Å². The predicted molar refractivity (Wildman–Crippen MR) is 284 cm³/mol. The number of unbranched alkanes of at least 4 members (excludes halogenated alkanes) is 27. The molecule has 1 atom stereocenters. The molecule has 0 aliphatic rings. The molecule has 0 aliphatic carbocycles. The Kier molecular flexibility index (Phi) is 51.9. The maximum absolute atomic E-state index is 12.8. The van der Waals surface area contributed by atoms with E-state index in [4.69, 9.17) is 14.2 Å². The van der Waals surface area contributed by atoms with E-state index in [9.17, 15) is 14.4 Å². The van der Waals surface area contributed by atoms with Crippen molar-refractivity contribution in [1.29, 1.82) is 0 Å². The zero-order valence-corrected chi connectivity index (χ0v) is 43.4. The monoisotopic (exact) mass is 921 g/mol. The minimum Gasteiger partial charge on any atom is -0.462 e. The molecule has 380 valence electrons. The molecule has 66 heavy (non-hydrogen) atoms. The van der Waals surface area contributed by atoms with Gasteiger partial charge < -0.3 is 14.2 Å². The topological polar surface area (TPSA) is 78.9 Å². The average Bonchev–Trinajstić information content (AvgIpc) is 3.31. The molecule has 6 nitrogen and oxygen atoms in total. The molecule has 1 unspecified atom stereocenters. The Bertz CT molecular complexity index is 1240. The van der Waals surface area contributed by atoms with Crippen molar-refractivity contribution in [3.05, 3.63) is 72.9 Å². The van der Waals surface area contributed by atoms with Gasteiger partial charge in [0.05, 0.1) is 0 Å². The van der Waals surface area contributed by atoms with Crippen LogP contribution in [-0.4, -0.2) is 37.2 Å². The summed E-state index contributed by atoms with van der Waals surface area (Å²) in [6.07, 6.45) is 68.8. The van der Waals surface area contributed by atoms with Crippen LogP contribution in [0.3, 0.4) is 0 Å². The highest BCUT2D eigenvalue weighted by Crippen LogP contribution is 2.14. The lowest BCUT2D eigenvalue weighted by Gasteiger charge is -2.18. The Morgan fingerprint density at radius 2 is 0.591 bits per heavy atom. The van der Waals surface area contributed by atoms with Crippen molar-refractivity contribution in [3.8, 4) is 0 Å². The number of carbonyl (C=O) groups excluding carboxylic acids is 3. The summed E-state index contributed by atoms with van der Waals surface area (Å²) in [4.78, 5) is 38.1.